The largest absolute Gasteiger partial charge is 0.493 e. The Hall–Kier alpha value is -3.79. The first-order valence-corrected chi connectivity index (χ1v) is 11.7. The van der Waals surface area contributed by atoms with Crippen LogP contribution < -0.4 is 10.1 Å². The van der Waals surface area contributed by atoms with Gasteiger partial charge in [-0.15, -0.1) is 0 Å². The van der Waals surface area contributed by atoms with E-state index in [1.54, 1.807) is 6.08 Å². The number of carbonyl (C=O) groups excluding carboxylic acids is 1. The van der Waals surface area contributed by atoms with Crippen LogP contribution in [0, 0.1) is 20.8 Å². The van der Waals surface area contributed by atoms with E-state index in [1.807, 2.05) is 33.8 Å². The normalized spacial score (nSPS) is 12.6. The Morgan fingerprint density at radius 1 is 1.03 bits per heavy atom. The molecule has 0 radical (unpaired) electrons. The van der Waals surface area contributed by atoms with E-state index in [1.165, 1.54) is 22.3 Å². The standard InChI is InChI=1S/C30H29NO3/c1-6-33-29-19(4)30-27(18(3)20(5)34-30)16-26(29)17(2)13-28(32)31-23-11-12-25-22(15-23)14-21-9-7-8-10-24(21)25/h7-13,15-16H,6,14H2,1-5H3,(H,31,32)/b17-13+. The van der Waals surface area contributed by atoms with Crippen molar-refractivity contribution in [3.63, 3.8) is 0 Å². The van der Waals surface area contributed by atoms with E-state index in [9.17, 15) is 4.79 Å². The van der Waals surface area contributed by atoms with Crippen molar-refractivity contribution >= 4 is 28.1 Å². The third kappa shape index (κ3) is 3.69. The Labute approximate surface area is 200 Å². The lowest BCUT2D eigenvalue weighted by Crippen LogP contribution is -2.09. The summed E-state index contributed by atoms with van der Waals surface area (Å²) in [6.45, 7) is 10.5. The second-order valence-electron chi connectivity index (χ2n) is 8.99. The predicted molar refractivity (Wildman–Crippen MR) is 139 cm³/mol. The monoisotopic (exact) mass is 451 g/mol. The van der Waals surface area contributed by atoms with Crippen molar-refractivity contribution in [2.45, 2.75) is 41.0 Å². The number of aryl methyl sites for hydroxylation is 3. The number of hydrogen-bond acceptors (Lipinski definition) is 3. The van der Waals surface area contributed by atoms with Crippen LogP contribution >= 0.6 is 0 Å². The topological polar surface area (TPSA) is 51.5 Å². The fraction of sp³-hybridized carbons (Fsp3) is 0.233. The van der Waals surface area contributed by atoms with Gasteiger partial charge in [0.2, 0.25) is 5.91 Å². The molecule has 1 aromatic heterocycles. The number of anilines is 1. The quantitative estimate of drug-likeness (QED) is 0.284. The molecular weight excluding hydrogens is 422 g/mol. The van der Waals surface area contributed by atoms with Gasteiger partial charge in [-0.1, -0.05) is 30.3 Å². The second kappa shape index (κ2) is 8.53. The van der Waals surface area contributed by atoms with Gasteiger partial charge in [0.05, 0.1) is 6.61 Å². The van der Waals surface area contributed by atoms with Crippen LogP contribution in [-0.2, 0) is 11.2 Å². The van der Waals surface area contributed by atoms with Crippen LogP contribution in [0.25, 0.3) is 27.7 Å². The molecular formula is C30H29NO3. The van der Waals surface area contributed by atoms with Gasteiger partial charge >= 0.3 is 0 Å². The van der Waals surface area contributed by atoms with Crippen LogP contribution in [0.15, 0.2) is 59.0 Å². The maximum atomic E-state index is 13.0. The van der Waals surface area contributed by atoms with E-state index in [0.717, 1.165) is 56.9 Å². The van der Waals surface area contributed by atoms with Crippen LogP contribution in [0.1, 0.15) is 47.4 Å². The first-order valence-electron chi connectivity index (χ1n) is 11.7. The number of hydrogen-bond donors (Lipinski definition) is 1. The minimum atomic E-state index is -0.159. The number of nitrogens with one attached hydrogen (secondary N) is 1. The molecule has 34 heavy (non-hydrogen) atoms. The maximum Gasteiger partial charge on any atom is 0.248 e. The number of fused-ring (bicyclic) bond motifs is 4. The van der Waals surface area contributed by atoms with Gasteiger partial charge in [-0.3, -0.25) is 4.79 Å². The summed E-state index contributed by atoms with van der Waals surface area (Å²) in [7, 11) is 0. The summed E-state index contributed by atoms with van der Waals surface area (Å²) in [6.07, 6.45) is 2.54. The lowest BCUT2D eigenvalue weighted by atomic mass is 9.98. The molecule has 4 nitrogen and oxygen atoms in total. The highest BCUT2D eigenvalue weighted by molar-refractivity contribution is 6.05. The summed E-state index contributed by atoms with van der Waals surface area (Å²) in [6, 6.07) is 16.7. The average Bonchev–Trinajstić information content (AvgIpc) is 3.32. The Morgan fingerprint density at radius 3 is 2.59 bits per heavy atom. The van der Waals surface area contributed by atoms with Crippen molar-refractivity contribution in [1.29, 1.82) is 0 Å². The molecule has 0 aliphatic heterocycles. The Kier molecular flexibility index (Phi) is 5.52. The van der Waals surface area contributed by atoms with Gasteiger partial charge in [0.15, 0.2) is 0 Å². The predicted octanol–water partition coefficient (Wildman–Crippen LogP) is 7.37. The molecule has 0 unspecified atom stereocenters. The Morgan fingerprint density at radius 2 is 1.79 bits per heavy atom. The van der Waals surface area contributed by atoms with Gasteiger partial charge in [-0.25, -0.2) is 0 Å². The number of furan rings is 1. The van der Waals surface area contributed by atoms with Crippen molar-refractivity contribution in [1.82, 2.24) is 0 Å². The number of allylic oxidation sites excluding steroid dienone is 1. The lowest BCUT2D eigenvalue weighted by Gasteiger charge is -2.14. The number of benzene rings is 3. The van der Waals surface area contributed by atoms with Gasteiger partial charge in [0, 0.05) is 28.3 Å². The van der Waals surface area contributed by atoms with Gasteiger partial charge in [-0.2, -0.15) is 0 Å². The van der Waals surface area contributed by atoms with Gasteiger partial charge in [-0.05, 0) is 92.6 Å². The second-order valence-corrected chi connectivity index (χ2v) is 8.99. The molecule has 1 amide bonds. The van der Waals surface area contributed by atoms with Crippen molar-refractivity contribution in [3.8, 4) is 16.9 Å². The van der Waals surface area contributed by atoms with Crippen LogP contribution in [0.2, 0.25) is 0 Å². The highest BCUT2D eigenvalue weighted by atomic mass is 16.5. The zero-order valence-corrected chi connectivity index (χ0v) is 20.3. The van der Waals surface area contributed by atoms with E-state index in [4.69, 9.17) is 9.15 Å². The number of amides is 1. The molecule has 0 bridgehead atoms. The van der Waals surface area contributed by atoms with E-state index in [2.05, 4.69) is 54.7 Å². The highest BCUT2D eigenvalue weighted by Crippen LogP contribution is 2.39. The minimum Gasteiger partial charge on any atom is -0.493 e. The van der Waals surface area contributed by atoms with Crippen LogP contribution in [0.5, 0.6) is 5.75 Å². The lowest BCUT2D eigenvalue weighted by molar-refractivity contribution is -0.111. The zero-order chi connectivity index (χ0) is 24.0. The summed E-state index contributed by atoms with van der Waals surface area (Å²) in [4.78, 5) is 13.0. The first-order chi connectivity index (χ1) is 16.4. The maximum absolute atomic E-state index is 13.0. The average molecular weight is 452 g/mol. The minimum absolute atomic E-state index is 0.159. The first kappa shape index (κ1) is 22.0. The molecule has 0 spiro atoms. The van der Waals surface area contributed by atoms with Crippen LogP contribution in [0.3, 0.4) is 0 Å². The van der Waals surface area contributed by atoms with Crippen molar-refractivity contribution in [2.75, 3.05) is 11.9 Å². The van der Waals surface area contributed by atoms with Crippen molar-refractivity contribution in [2.24, 2.45) is 0 Å². The summed E-state index contributed by atoms with van der Waals surface area (Å²) < 4.78 is 12.0. The molecule has 0 saturated heterocycles. The molecule has 4 heteroatoms. The molecule has 172 valence electrons. The number of carbonyl (C=O) groups is 1. The molecule has 1 aliphatic carbocycles. The summed E-state index contributed by atoms with van der Waals surface area (Å²) in [5.41, 5.74) is 10.6. The van der Waals surface area contributed by atoms with Gasteiger partial charge in [0.25, 0.3) is 0 Å². The highest BCUT2D eigenvalue weighted by Gasteiger charge is 2.20. The SMILES string of the molecule is CCOc1c(/C(C)=C/C(=O)Nc2ccc3c(c2)Cc2ccccc2-3)cc2c(C)c(C)oc2c1C. The van der Waals surface area contributed by atoms with E-state index < -0.39 is 0 Å². The van der Waals surface area contributed by atoms with E-state index in [0.29, 0.717) is 6.61 Å². The molecule has 1 N–H and O–H groups in total. The molecule has 1 aliphatic rings. The fourth-order valence-electron chi connectivity index (χ4n) is 4.91. The molecule has 1 heterocycles. The third-order valence-electron chi connectivity index (χ3n) is 6.77. The van der Waals surface area contributed by atoms with Crippen LogP contribution in [-0.4, -0.2) is 12.5 Å². The molecule has 5 rings (SSSR count). The third-order valence-corrected chi connectivity index (χ3v) is 6.77. The molecule has 0 fully saturated rings. The van der Waals surface area contributed by atoms with Crippen molar-refractivity contribution < 1.29 is 13.9 Å². The molecule has 3 aromatic carbocycles. The van der Waals surface area contributed by atoms with E-state index >= 15 is 0 Å². The Balaban J connectivity index is 1.44. The molecule has 4 aromatic rings. The molecule has 0 saturated carbocycles. The number of rotatable bonds is 5. The van der Waals surface area contributed by atoms with Gasteiger partial charge < -0.3 is 14.5 Å². The molecule has 0 atom stereocenters. The fourth-order valence-corrected chi connectivity index (χ4v) is 4.91. The summed E-state index contributed by atoms with van der Waals surface area (Å²) in [5, 5.41) is 4.10. The number of ether oxygens (including phenoxy) is 1. The zero-order valence-electron chi connectivity index (χ0n) is 20.3. The Bertz CT molecular complexity index is 1470. The summed E-state index contributed by atoms with van der Waals surface area (Å²) >= 11 is 0. The van der Waals surface area contributed by atoms with E-state index in [-0.39, 0.29) is 5.91 Å². The van der Waals surface area contributed by atoms with Crippen molar-refractivity contribution in [3.05, 3.63) is 88.2 Å². The van der Waals surface area contributed by atoms with Crippen LogP contribution in [0.4, 0.5) is 5.69 Å². The van der Waals surface area contributed by atoms with Gasteiger partial charge in [0.1, 0.15) is 17.1 Å². The summed E-state index contributed by atoms with van der Waals surface area (Å²) in [5.74, 6) is 1.50. The smallest absolute Gasteiger partial charge is 0.248 e.